The van der Waals surface area contributed by atoms with E-state index in [-0.39, 0.29) is 0 Å². The van der Waals surface area contributed by atoms with Crippen LogP contribution in [0.2, 0.25) is 0 Å². The topological polar surface area (TPSA) is 84.2 Å². The Kier molecular flexibility index (Phi) is 4.54. The highest BCUT2D eigenvalue weighted by Gasteiger charge is 2.01. The summed E-state index contributed by atoms with van der Waals surface area (Å²) in [6, 6.07) is 0. The lowest BCUT2D eigenvalue weighted by Gasteiger charge is -2.02. The van der Waals surface area contributed by atoms with Crippen LogP contribution >= 0.6 is 0 Å². The Hall–Kier alpha value is -0.170. The summed E-state index contributed by atoms with van der Waals surface area (Å²) < 4.78 is 25.6. The monoisotopic (exact) mass is 167 g/mol. The van der Waals surface area contributed by atoms with Crippen molar-refractivity contribution in [3.63, 3.8) is 0 Å². The van der Waals surface area contributed by atoms with Crippen molar-refractivity contribution < 1.29 is 8.42 Å². The summed E-state index contributed by atoms with van der Waals surface area (Å²) in [4.78, 5) is 0. The highest BCUT2D eigenvalue weighted by Crippen LogP contribution is 1.75. The molecule has 0 aromatic carbocycles. The Bertz CT molecular complexity index is 165. The van der Waals surface area contributed by atoms with Crippen LogP contribution in [0, 0.1) is 0 Å². The molecule has 0 spiro atoms. The zero-order chi connectivity index (χ0) is 8.04. The van der Waals surface area contributed by atoms with Gasteiger partial charge < -0.3 is 5.73 Å². The van der Waals surface area contributed by atoms with Gasteiger partial charge in [0.05, 0.1) is 0 Å². The lowest BCUT2D eigenvalue weighted by atomic mass is 10.4. The molecule has 0 aliphatic rings. The summed E-state index contributed by atoms with van der Waals surface area (Å²) in [5.41, 5.74) is 5.14. The van der Waals surface area contributed by atoms with Crippen molar-refractivity contribution in [1.29, 1.82) is 0 Å². The van der Waals surface area contributed by atoms with E-state index >= 15 is 0 Å². The average molecular weight is 167 g/mol. The second-order valence-corrected chi connectivity index (χ2v) is 3.45. The lowest BCUT2D eigenvalue weighted by molar-refractivity contribution is 0.571. The Labute approximate surface area is 61.2 Å². The van der Waals surface area contributed by atoms with Crippen molar-refractivity contribution in [3.05, 3.63) is 0 Å². The normalized spacial score (nSPS) is 11.8. The Morgan fingerprint density at radius 3 is 2.50 bits per heavy atom. The molecule has 0 aromatic heterocycles. The van der Waals surface area contributed by atoms with E-state index in [1.54, 1.807) is 0 Å². The zero-order valence-corrected chi connectivity index (χ0v) is 6.74. The molecule has 0 amide bonds. The molecule has 0 fully saturated rings. The third-order valence-corrected chi connectivity index (χ3v) is 2.06. The number of nitrogens with two attached hydrogens (primary N) is 1. The largest absolute Gasteiger partial charge is 0.330 e. The maximum atomic E-state index is 10.6. The highest BCUT2D eigenvalue weighted by molar-refractivity contribution is 7.87. The molecule has 0 saturated carbocycles. The van der Waals surface area contributed by atoms with E-state index in [9.17, 15) is 8.42 Å². The van der Waals surface area contributed by atoms with E-state index in [1.165, 1.54) is 7.05 Å². The molecule has 0 aromatic rings. The van der Waals surface area contributed by atoms with E-state index in [0.29, 0.717) is 19.5 Å². The first-order valence-electron chi connectivity index (χ1n) is 3.00. The predicted molar refractivity (Wildman–Crippen MR) is 39.7 cm³/mol. The summed E-state index contributed by atoms with van der Waals surface area (Å²) in [5, 5.41) is 0. The first-order chi connectivity index (χ1) is 4.62. The van der Waals surface area contributed by atoms with Gasteiger partial charge in [0.25, 0.3) is 10.2 Å². The molecule has 0 atom stereocenters. The van der Waals surface area contributed by atoms with E-state index in [1.807, 2.05) is 0 Å². The van der Waals surface area contributed by atoms with Crippen LogP contribution in [-0.4, -0.2) is 28.6 Å². The van der Waals surface area contributed by atoms with Gasteiger partial charge in [0, 0.05) is 13.6 Å². The van der Waals surface area contributed by atoms with Gasteiger partial charge in [0.2, 0.25) is 0 Å². The predicted octanol–water partition coefficient (Wildman–Crippen LogP) is -1.61. The molecule has 62 valence electrons. The highest BCUT2D eigenvalue weighted by atomic mass is 32.2. The Morgan fingerprint density at radius 2 is 2.10 bits per heavy atom. The minimum Gasteiger partial charge on any atom is -0.330 e. The molecule has 6 heteroatoms. The first-order valence-corrected chi connectivity index (χ1v) is 4.49. The summed E-state index contributed by atoms with van der Waals surface area (Å²) in [6.07, 6.45) is 0.654. The van der Waals surface area contributed by atoms with Crippen molar-refractivity contribution in [1.82, 2.24) is 9.44 Å². The van der Waals surface area contributed by atoms with Gasteiger partial charge in [0.1, 0.15) is 0 Å². The summed E-state index contributed by atoms with van der Waals surface area (Å²) in [5.74, 6) is 0. The third kappa shape index (κ3) is 4.68. The molecule has 0 saturated heterocycles. The van der Waals surface area contributed by atoms with Gasteiger partial charge in [-0.2, -0.15) is 8.42 Å². The molecular formula is C4H13N3O2S. The molecule has 0 unspecified atom stereocenters. The standard InChI is InChI=1S/C4H13N3O2S/c1-6-10(8,9)7-4-2-3-5/h6-7H,2-5H2,1H3. The van der Waals surface area contributed by atoms with Gasteiger partial charge in [-0.05, 0) is 13.0 Å². The van der Waals surface area contributed by atoms with Crippen molar-refractivity contribution >= 4 is 10.2 Å². The molecule has 0 heterocycles. The van der Waals surface area contributed by atoms with Gasteiger partial charge in [0.15, 0.2) is 0 Å². The van der Waals surface area contributed by atoms with Gasteiger partial charge in [-0.1, -0.05) is 0 Å². The van der Waals surface area contributed by atoms with Crippen LogP contribution in [-0.2, 0) is 10.2 Å². The lowest BCUT2D eigenvalue weighted by Crippen LogP contribution is -2.35. The van der Waals surface area contributed by atoms with Crippen LogP contribution in [0.1, 0.15) is 6.42 Å². The second kappa shape index (κ2) is 4.62. The molecule has 4 N–H and O–H groups in total. The van der Waals surface area contributed by atoms with Crippen molar-refractivity contribution in [2.75, 3.05) is 20.1 Å². The minimum atomic E-state index is -3.25. The van der Waals surface area contributed by atoms with Crippen LogP contribution in [0.3, 0.4) is 0 Å². The second-order valence-electron chi connectivity index (χ2n) is 1.74. The molecule has 0 aliphatic carbocycles. The van der Waals surface area contributed by atoms with Crippen LogP contribution in [0.5, 0.6) is 0 Å². The van der Waals surface area contributed by atoms with E-state index in [2.05, 4.69) is 9.44 Å². The van der Waals surface area contributed by atoms with Crippen molar-refractivity contribution in [2.24, 2.45) is 5.73 Å². The number of hydrogen-bond donors (Lipinski definition) is 3. The summed E-state index contributed by atoms with van der Waals surface area (Å²) >= 11 is 0. The van der Waals surface area contributed by atoms with Gasteiger partial charge in [-0.25, -0.2) is 9.44 Å². The van der Waals surface area contributed by atoms with Gasteiger partial charge in [-0.3, -0.25) is 0 Å². The SMILES string of the molecule is CNS(=O)(=O)NCCCN. The molecule has 0 aliphatic heterocycles. The minimum absolute atomic E-state index is 0.389. The number of nitrogens with one attached hydrogen (secondary N) is 2. The molecule has 0 bridgehead atoms. The fourth-order valence-electron chi connectivity index (χ4n) is 0.381. The summed E-state index contributed by atoms with van der Waals surface area (Å²) in [6.45, 7) is 0.881. The van der Waals surface area contributed by atoms with Crippen LogP contribution in [0.15, 0.2) is 0 Å². The fourth-order valence-corrected chi connectivity index (χ4v) is 0.938. The first kappa shape index (κ1) is 9.83. The van der Waals surface area contributed by atoms with E-state index in [4.69, 9.17) is 5.73 Å². The van der Waals surface area contributed by atoms with Crippen LogP contribution in [0.25, 0.3) is 0 Å². The fraction of sp³-hybridized carbons (Fsp3) is 1.00. The average Bonchev–Trinajstić information content (AvgIpc) is 1.89. The maximum Gasteiger partial charge on any atom is 0.276 e. The van der Waals surface area contributed by atoms with Crippen LogP contribution in [0.4, 0.5) is 0 Å². The number of hydrogen-bond acceptors (Lipinski definition) is 3. The number of rotatable bonds is 5. The van der Waals surface area contributed by atoms with Gasteiger partial charge in [-0.15, -0.1) is 0 Å². The molecule has 10 heavy (non-hydrogen) atoms. The smallest absolute Gasteiger partial charge is 0.276 e. The van der Waals surface area contributed by atoms with Crippen molar-refractivity contribution in [2.45, 2.75) is 6.42 Å². The molecular weight excluding hydrogens is 154 g/mol. The quantitative estimate of drug-likeness (QED) is 0.431. The van der Waals surface area contributed by atoms with Crippen molar-refractivity contribution in [3.8, 4) is 0 Å². The summed E-state index contributed by atoms with van der Waals surface area (Å²) in [7, 11) is -1.90. The van der Waals surface area contributed by atoms with E-state index < -0.39 is 10.2 Å². The third-order valence-electron chi connectivity index (χ3n) is 0.942. The Morgan fingerprint density at radius 1 is 1.50 bits per heavy atom. The molecule has 0 radical (unpaired) electrons. The van der Waals surface area contributed by atoms with Gasteiger partial charge >= 0.3 is 0 Å². The maximum absolute atomic E-state index is 10.6. The Balaban J connectivity index is 3.49. The molecule has 5 nitrogen and oxygen atoms in total. The van der Waals surface area contributed by atoms with E-state index in [0.717, 1.165) is 0 Å². The molecule has 0 rings (SSSR count). The zero-order valence-electron chi connectivity index (χ0n) is 5.92. The van der Waals surface area contributed by atoms with Crippen LogP contribution < -0.4 is 15.2 Å².